The number of aliphatic hydroxyl groups excluding tert-OH is 1. The molecule has 3 nitrogen and oxygen atoms in total. The maximum atomic E-state index is 9.05. The number of hydrogen-bond acceptors (Lipinski definition) is 4. The number of aliphatic hydroxyl groups is 1. The van der Waals surface area contributed by atoms with Crippen LogP contribution in [0.25, 0.3) is 0 Å². The van der Waals surface area contributed by atoms with E-state index in [4.69, 9.17) is 15.6 Å². The summed E-state index contributed by atoms with van der Waals surface area (Å²) < 4.78 is 5.30. The van der Waals surface area contributed by atoms with E-state index in [0.29, 0.717) is 0 Å². The highest BCUT2D eigenvalue weighted by Gasteiger charge is 2.15. The first-order valence-electron chi connectivity index (χ1n) is 6.24. The fourth-order valence-electron chi connectivity index (χ4n) is 1.63. The number of benzene rings is 1. The van der Waals surface area contributed by atoms with Crippen molar-refractivity contribution < 1.29 is 9.84 Å². The molecular weight excluding hydrogens is 246 g/mol. The molecule has 0 aliphatic heterocycles. The topological polar surface area (TPSA) is 55.5 Å². The number of methoxy groups -OCH3 is 1. The number of ether oxygens (including phenoxy) is 1. The molecule has 3 N–H and O–H groups in total. The van der Waals surface area contributed by atoms with Gasteiger partial charge in [0.25, 0.3) is 0 Å². The minimum atomic E-state index is -0.435. The van der Waals surface area contributed by atoms with E-state index in [-0.39, 0.29) is 6.61 Å². The van der Waals surface area contributed by atoms with Crippen LogP contribution in [0.4, 0.5) is 0 Å². The van der Waals surface area contributed by atoms with Gasteiger partial charge in [0.05, 0.1) is 13.7 Å². The molecule has 0 radical (unpaired) electrons. The fraction of sp³-hybridized carbons (Fsp3) is 0.571. The van der Waals surface area contributed by atoms with E-state index in [0.717, 1.165) is 30.8 Å². The molecule has 0 aliphatic carbocycles. The van der Waals surface area contributed by atoms with Gasteiger partial charge in [0.15, 0.2) is 0 Å². The Kier molecular flexibility index (Phi) is 6.54. The first kappa shape index (κ1) is 15.3. The number of nitrogens with two attached hydrogens (primary N) is 1. The number of thioether (sulfide) groups is 1. The summed E-state index contributed by atoms with van der Waals surface area (Å²) in [7, 11) is 1.69. The van der Waals surface area contributed by atoms with Crippen LogP contribution in [-0.2, 0) is 0 Å². The van der Waals surface area contributed by atoms with E-state index in [1.807, 2.05) is 25.1 Å². The number of hydrogen-bond donors (Lipinski definition) is 2. The quantitative estimate of drug-likeness (QED) is 0.563. The van der Waals surface area contributed by atoms with E-state index in [1.54, 1.807) is 18.9 Å². The lowest BCUT2D eigenvalue weighted by Gasteiger charge is -2.21. The number of unbranched alkanes of at least 4 members (excludes halogenated alkanes) is 1. The van der Waals surface area contributed by atoms with Crippen molar-refractivity contribution >= 4 is 11.8 Å². The molecule has 0 spiro atoms. The van der Waals surface area contributed by atoms with Gasteiger partial charge in [-0.15, -0.1) is 11.8 Å². The Morgan fingerprint density at radius 1 is 1.33 bits per heavy atom. The second-order valence-corrected chi connectivity index (χ2v) is 5.91. The molecule has 1 aromatic rings. The van der Waals surface area contributed by atoms with Gasteiger partial charge in [-0.1, -0.05) is 18.6 Å². The zero-order valence-electron chi connectivity index (χ0n) is 11.2. The molecule has 0 bridgehead atoms. The van der Waals surface area contributed by atoms with Crippen molar-refractivity contribution in [3.8, 4) is 5.75 Å². The summed E-state index contributed by atoms with van der Waals surface area (Å²) in [5.74, 6) is 1.98. The van der Waals surface area contributed by atoms with Crippen LogP contribution in [-0.4, -0.2) is 30.1 Å². The van der Waals surface area contributed by atoms with Crippen LogP contribution >= 0.6 is 11.8 Å². The molecule has 102 valence electrons. The summed E-state index contributed by atoms with van der Waals surface area (Å²) in [6.45, 7) is 1.94. The van der Waals surface area contributed by atoms with E-state index in [2.05, 4.69) is 6.07 Å². The van der Waals surface area contributed by atoms with E-state index >= 15 is 0 Å². The van der Waals surface area contributed by atoms with Gasteiger partial charge in [0.1, 0.15) is 5.75 Å². The summed E-state index contributed by atoms with van der Waals surface area (Å²) in [5, 5.41) is 9.05. The Balaban J connectivity index is 2.26. The van der Waals surface area contributed by atoms with Gasteiger partial charge in [-0.2, -0.15) is 0 Å². The van der Waals surface area contributed by atoms with Gasteiger partial charge in [-0.25, -0.2) is 0 Å². The lowest BCUT2D eigenvalue weighted by atomic mass is 9.98. The Bertz CT molecular complexity index is 355. The van der Waals surface area contributed by atoms with Gasteiger partial charge in [-0.05, 0) is 37.7 Å². The molecular formula is C14H23NO2S. The monoisotopic (exact) mass is 269 g/mol. The first-order valence-corrected chi connectivity index (χ1v) is 7.23. The van der Waals surface area contributed by atoms with Gasteiger partial charge in [-0.3, -0.25) is 0 Å². The molecule has 0 fully saturated rings. The van der Waals surface area contributed by atoms with Gasteiger partial charge >= 0.3 is 0 Å². The maximum Gasteiger partial charge on any atom is 0.132 e. The third-order valence-corrected chi connectivity index (χ3v) is 3.97. The van der Waals surface area contributed by atoms with Crippen LogP contribution in [0.1, 0.15) is 26.2 Å². The van der Waals surface area contributed by atoms with E-state index in [1.165, 1.54) is 4.90 Å². The highest BCUT2D eigenvalue weighted by atomic mass is 32.2. The van der Waals surface area contributed by atoms with Crippen LogP contribution < -0.4 is 10.5 Å². The Morgan fingerprint density at radius 2 is 2.06 bits per heavy atom. The average Bonchev–Trinajstić information content (AvgIpc) is 2.38. The standard InChI is InChI=1S/C14H23NO2S/c1-14(15,11-16)9-5-6-10-18-13-8-4-3-7-12(13)17-2/h3-4,7-8,16H,5-6,9-11,15H2,1-2H3. The molecule has 0 aromatic heterocycles. The summed E-state index contributed by atoms with van der Waals surface area (Å²) in [5.41, 5.74) is 5.44. The molecule has 0 aliphatic rings. The van der Waals surface area contributed by atoms with Crippen molar-refractivity contribution in [2.75, 3.05) is 19.5 Å². The largest absolute Gasteiger partial charge is 0.496 e. The van der Waals surface area contributed by atoms with Crippen LogP contribution in [0, 0.1) is 0 Å². The summed E-state index contributed by atoms with van der Waals surface area (Å²) >= 11 is 1.80. The summed E-state index contributed by atoms with van der Waals surface area (Å²) in [6.07, 6.45) is 2.99. The molecule has 1 aromatic carbocycles. The minimum absolute atomic E-state index is 0.0483. The van der Waals surface area contributed by atoms with Crippen molar-refractivity contribution in [1.82, 2.24) is 0 Å². The van der Waals surface area contributed by atoms with Crippen LogP contribution in [0.3, 0.4) is 0 Å². The molecule has 18 heavy (non-hydrogen) atoms. The first-order chi connectivity index (χ1) is 8.59. The Hall–Kier alpha value is -0.710. The number of para-hydroxylation sites is 1. The molecule has 1 rings (SSSR count). The zero-order valence-corrected chi connectivity index (χ0v) is 12.0. The Labute approximate surface area is 114 Å². The molecule has 1 atom stereocenters. The summed E-state index contributed by atoms with van der Waals surface area (Å²) in [4.78, 5) is 1.18. The van der Waals surface area contributed by atoms with Crippen LogP contribution in [0.2, 0.25) is 0 Å². The zero-order chi connectivity index (χ0) is 13.4. The van der Waals surface area contributed by atoms with Crippen molar-refractivity contribution in [1.29, 1.82) is 0 Å². The maximum absolute atomic E-state index is 9.05. The molecule has 4 heteroatoms. The van der Waals surface area contributed by atoms with Crippen LogP contribution in [0.5, 0.6) is 5.75 Å². The predicted octanol–water partition coefficient (Wildman–Crippen LogP) is 2.67. The van der Waals surface area contributed by atoms with E-state index in [9.17, 15) is 0 Å². The molecule has 1 unspecified atom stereocenters. The van der Waals surface area contributed by atoms with Gasteiger partial charge in [0, 0.05) is 10.4 Å². The third-order valence-electron chi connectivity index (χ3n) is 2.83. The minimum Gasteiger partial charge on any atom is -0.496 e. The predicted molar refractivity (Wildman–Crippen MR) is 77.2 cm³/mol. The molecule has 0 saturated carbocycles. The van der Waals surface area contributed by atoms with E-state index < -0.39 is 5.54 Å². The molecule has 0 amide bonds. The van der Waals surface area contributed by atoms with Gasteiger partial charge < -0.3 is 15.6 Å². The lowest BCUT2D eigenvalue weighted by Crippen LogP contribution is -2.39. The second kappa shape index (κ2) is 7.67. The van der Waals surface area contributed by atoms with Crippen molar-refractivity contribution in [2.45, 2.75) is 36.6 Å². The third kappa shape index (κ3) is 5.29. The lowest BCUT2D eigenvalue weighted by molar-refractivity contribution is 0.198. The summed E-state index contributed by atoms with van der Waals surface area (Å²) in [6, 6.07) is 8.05. The average molecular weight is 269 g/mol. The number of rotatable bonds is 8. The SMILES string of the molecule is COc1ccccc1SCCCCC(C)(N)CO. The highest BCUT2D eigenvalue weighted by Crippen LogP contribution is 2.29. The van der Waals surface area contributed by atoms with Crippen molar-refractivity contribution in [3.63, 3.8) is 0 Å². The molecule has 0 heterocycles. The smallest absolute Gasteiger partial charge is 0.132 e. The Morgan fingerprint density at radius 3 is 2.72 bits per heavy atom. The van der Waals surface area contributed by atoms with Gasteiger partial charge in [0.2, 0.25) is 0 Å². The highest BCUT2D eigenvalue weighted by molar-refractivity contribution is 7.99. The normalized spacial score (nSPS) is 14.2. The van der Waals surface area contributed by atoms with Crippen molar-refractivity contribution in [2.24, 2.45) is 5.73 Å². The van der Waals surface area contributed by atoms with Crippen LogP contribution in [0.15, 0.2) is 29.2 Å². The fourth-order valence-corrected chi connectivity index (χ4v) is 2.67. The van der Waals surface area contributed by atoms with Crippen molar-refractivity contribution in [3.05, 3.63) is 24.3 Å². The molecule has 0 saturated heterocycles. The second-order valence-electron chi connectivity index (χ2n) is 4.77.